The smallest absolute Gasteiger partial charge is 0.489 e. The van der Waals surface area contributed by atoms with E-state index in [0.717, 1.165) is 6.20 Å². The molecular formula is C7H9BFNO3. The third-order valence-electron chi connectivity index (χ3n) is 1.46. The summed E-state index contributed by atoms with van der Waals surface area (Å²) in [4.78, 5) is 3.33. The van der Waals surface area contributed by atoms with E-state index >= 15 is 0 Å². The zero-order chi connectivity index (χ0) is 9.84. The maximum absolute atomic E-state index is 12.9. The van der Waals surface area contributed by atoms with Crippen molar-refractivity contribution < 1.29 is 19.2 Å². The summed E-state index contributed by atoms with van der Waals surface area (Å²) in [5.41, 5.74) is -0.0191. The molecule has 1 aromatic rings. The first kappa shape index (κ1) is 9.95. The molecule has 0 saturated heterocycles. The first-order valence-corrected chi connectivity index (χ1v) is 3.80. The van der Waals surface area contributed by atoms with Crippen molar-refractivity contribution in [2.45, 2.75) is 6.92 Å². The van der Waals surface area contributed by atoms with E-state index in [1.165, 1.54) is 6.07 Å². The molecule has 4 nitrogen and oxygen atoms in total. The lowest BCUT2D eigenvalue weighted by Crippen LogP contribution is -2.32. The molecule has 1 heterocycles. The molecule has 0 unspecified atom stereocenters. The van der Waals surface area contributed by atoms with Crippen LogP contribution < -0.4 is 10.2 Å². The van der Waals surface area contributed by atoms with Crippen molar-refractivity contribution in [2.75, 3.05) is 6.61 Å². The van der Waals surface area contributed by atoms with Crippen LogP contribution in [0.4, 0.5) is 4.39 Å². The zero-order valence-corrected chi connectivity index (χ0v) is 7.07. The van der Waals surface area contributed by atoms with Crippen molar-refractivity contribution in [3.8, 4) is 5.75 Å². The molecule has 0 fully saturated rings. The Morgan fingerprint density at radius 1 is 1.62 bits per heavy atom. The Morgan fingerprint density at radius 3 is 2.85 bits per heavy atom. The van der Waals surface area contributed by atoms with E-state index in [2.05, 4.69) is 4.98 Å². The molecule has 0 bridgehead atoms. The second-order valence-corrected chi connectivity index (χ2v) is 2.33. The van der Waals surface area contributed by atoms with E-state index in [0.29, 0.717) is 0 Å². The first-order valence-electron chi connectivity index (χ1n) is 3.80. The van der Waals surface area contributed by atoms with Crippen molar-refractivity contribution in [2.24, 2.45) is 0 Å². The van der Waals surface area contributed by atoms with Crippen LogP contribution in [0.3, 0.4) is 0 Å². The lowest BCUT2D eigenvalue weighted by Gasteiger charge is -2.08. The minimum Gasteiger partial charge on any atom is -0.489 e. The van der Waals surface area contributed by atoms with Gasteiger partial charge in [-0.1, -0.05) is 0 Å². The molecule has 0 spiro atoms. The second kappa shape index (κ2) is 4.20. The number of aromatic nitrogens is 1. The minimum absolute atomic E-state index is 0.0191. The molecular weight excluding hydrogens is 176 g/mol. The molecule has 0 radical (unpaired) electrons. The predicted molar refractivity (Wildman–Crippen MR) is 45.2 cm³/mol. The zero-order valence-electron chi connectivity index (χ0n) is 7.07. The molecule has 0 saturated carbocycles. The number of hydrogen-bond acceptors (Lipinski definition) is 4. The number of rotatable bonds is 3. The average molecular weight is 185 g/mol. The summed E-state index contributed by atoms with van der Waals surface area (Å²) in [5, 5.41) is 17.7. The predicted octanol–water partition coefficient (Wildman–Crippen LogP) is -0.701. The van der Waals surface area contributed by atoms with Gasteiger partial charge in [0.15, 0.2) is 5.75 Å². The summed E-state index contributed by atoms with van der Waals surface area (Å²) in [6.45, 7) is 1.91. The van der Waals surface area contributed by atoms with E-state index in [-0.39, 0.29) is 17.8 Å². The Balaban J connectivity index is 3.09. The fourth-order valence-corrected chi connectivity index (χ4v) is 0.927. The van der Waals surface area contributed by atoms with Crippen LogP contribution in [-0.4, -0.2) is 28.8 Å². The highest BCUT2D eigenvalue weighted by Gasteiger charge is 2.20. The Hall–Kier alpha value is -1.14. The molecule has 70 valence electrons. The van der Waals surface area contributed by atoms with Gasteiger partial charge in [0.2, 0.25) is 0 Å². The third-order valence-corrected chi connectivity index (χ3v) is 1.46. The van der Waals surface area contributed by atoms with Crippen LogP contribution in [0.1, 0.15) is 6.92 Å². The maximum Gasteiger partial charge on any atom is 0.492 e. The fourth-order valence-electron chi connectivity index (χ4n) is 0.927. The van der Waals surface area contributed by atoms with Gasteiger partial charge in [0.25, 0.3) is 5.95 Å². The summed E-state index contributed by atoms with van der Waals surface area (Å²) in [6, 6.07) is 1.29. The van der Waals surface area contributed by atoms with Crippen LogP contribution in [0.15, 0.2) is 12.3 Å². The molecule has 0 amide bonds. The molecule has 0 aliphatic rings. The summed E-state index contributed by atoms with van der Waals surface area (Å²) in [7, 11) is -1.75. The number of ether oxygens (including phenoxy) is 1. The largest absolute Gasteiger partial charge is 0.492 e. The van der Waals surface area contributed by atoms with E-state index in [9.17, 15) is 4.39 Å². The van der Waals surface area contributed by atoms with Gasteiger partial charge in [-0.3, -0.25) is 0 Å². The van der Waals surface area contributed by atoms with Crippen LogP contribution in [0, 0.1) is 5.95 Å². The number of pyridine rings is 1. The molecule has 0 aromatic carbocycles. The van der Waals surface area contributed by atoms with Gasteiger partial charge in [-0.15, -0.1) is 0 Å². The highest BCUT2D eigenvalue weighted by atomic mass is 19.1. The summed E-state index contributed by atoms with van der Waals surface area (Å²) >= 11 is 0. The Labute approximate surface area is 75.1 Å². The highest BCUT2D eigenvalue weighted by molar-refractivity contribution is 6.59. The van der Waals surface area contributed by atoms with Gasteiger partial charge < -0.3 is 14.8 Å². The van der Waals surface area contributed by atoms with Crippen molar-refractivity contribution in [1.82, 2.24) is 4.98 Å². The lowest BCUT2D eigenvalue weighted by atomic mass is 9.80. The Morgan fingerprint density at radius 2 is 2.31 bits per heavy atom. The van der Waals surface area contributed by atoms with Gasteiger partial charge in [-0.25, -0.2) is 4.98 Å². The van der Waals surface area contributed by atoms with Gasteiger partial charge >= 0.3 is 7.12 Å². The standard InChI is InChI=1S/C7H9BFNO3/c1-2-13-6-5(8(11)12)3-4-10-7(6)9/h3-4,11-12H,2H2,1H3. The number of hydrogen-bond donors (Lipinski definition) is 2. The van der Waals surface area contributed by atoms with Gasteiger partial charge in [0.1, 0.15) is 0 Å². The molecule has 2 N–H and O–H groups in total. The van der Waals surface area contributed by atoms with Crippen LogP contribution in [0.2, 0.25) is 0 Å². The highest BCUT2D eigenvalue weighted by Crippen LogP contribution is 2.10. The summed E-state index contributed by atoms with van der Waals surface area (Å²) in [5.74, 6) is -1.05. The second-order valence-electron chi connectivity index (χ2n) is 2.33. The van der Waals surface area contributed by atoms with Crippen LogP contribution in [0.5, 0.6) is 5.75 Å². The lowest BCUT2D eigenvalue weighted by molar-refractivity contribution is 0.316. The quantitative estimate of drug-likeness (QED) is 0.482. The van der Waals surface area contributed by atoms with Gasteiger partial charge in [0.05, 0.1) is 6.61 Å². The topological polar surface area (TPSA) is 62.6 Å². The SMILES string of the molecule is CCOc1c(B(O)O)ccnc1F. The van der Waals surface area contributed by atoms with Crippen molar-refractivity contribution in [3.05, 3.63) is 18.2 Å². The van der Waals surface area contributed by atoms with Gasteiger partial charge in [-0.2, -0.15) is 4.39 Å². The molecule has 0 aliphatic heterocycles. The van der Waals surface area contributed by atoms with Crippen molar-refractivity contribution in [3.63, 3.8) is 0 Å². The fraction of sp³-hybridized carbons (Fsp3) is 0.286. The van der Waals surface area contributed by atoms with Crippen molar-refractivity contribution in [1.29, 1.82) is 0 Å². The molecule has 13 heavy (non-hydrogen) atoms. The number of halogens is 1. The van der Waals surface area contributed by atoms with Gasteiger partial charge in [-0.05, 0) is 13.0 Å². The van der Waals surface area contributed by atoms with Crippen LogP contribution >= 0.6 is 0 Å². The molecule has 1 rings (SSSR count). The molecule has 1 aromatic heterocycles. The first-order chi connectivity index (χ1) is 6.16. The van der Waals surface area contributed by atoms with Gasteiger partial charge in [0, 0.05) is 11.7 Å². The number of nitrogens with zero attached hydrogens (tertiary/aromatic N) is 1. The molecule has 6 heteroatoms. The monoisotopic (exact) mass is 185 g/mol. The van der Waals surface area contributed by atoms with Crippen molar-refractivity contribution >= 4 is 12.6 Å². The maximum atomic E-state index is 12.9. The minimum atomic E-state index is -1.75. The summed E-state index contributed by atoms with van der Waals surface area (Å²) < 4.78 is 17.8. The van der Waals surface area contributed by atoms with Crippen LogP contribution in [0.25, 0.3) is 0 Å². The Kier molecular flexibility index (Phi) is 3.22. The van der Waals surface area contributed by atoms with E-state index in [1.54, 1.807) is 6.92 Å². The molecule has 0 aliphatic carbocycles. The summed E-state index contributed by atoms with van der Waals surface area (Å²) in [6.07, 6.45) is 1.15. The molecule has 0 atom stereocenters. The Bertz CT molecular complexity index is 295. The van der Waals surface area contributed by atoms with E-state index in [4.69, 9.17) is 14.8 Å². The normalized spacial score (nSPS) is 9.85. The van der Waals surface area contributed by atoms with E-state index in [1.807, 2.05) is 0 Å². The van der Waals surface area contributed by atoms with E-state index < -0.39 is 13.1 Å². The van der Waals surface area contributed by atoms with Crippen LogP contribution in [-0.2, 0) is 0 Å². The average Bonchev–Trinajstić information content (AvgIpc) is 2.08. The third kappa shape index (κ3) is 2.16.